The first-order chi connectivity index (χ1) is 12.6. The monoisotopic (exact) mass is 373 g/mol. The molecule has 1 amide bonds. The van der Waals surface area contributed by atoms with Gasteiger partial charge in [-0.2, -0.15) is 5.10 Å². The number of hydrogen-bond donors (Lipinski definition) is 2. The number of benzene rings is 1. The van der Waals surface area contributed by atoms with Crippen molar-refractivity contribution in [3.63, 3.8) is 0 Å². The van der Waals surface area contributed by atoms with Gasteiger partial charge in [0.15, 0.2) is 0 Å². The summed E-state index contributed by atoms with van der Waals surface area (Å²) in [7, 11) is 0. The Balaban J connectivity index is 2.16. The number of aliphatic carboxylic acids is 1. The van der Waals surface area contributed by atoms with Crippen molar-refractivity contribution < 1.29 is 19.4 Å². The molecule has 2 rings (SSSR count). The number of carboxylic acids is 1. The van der Waals surface area contributed by atoms with E-state index >= 15 is 0 Å². The van der Waals surface area contributed by atoms with Crippen molar-refractivity contribution in [1.29, 1.82) is 0 Å². The zero-order valence-electron chi connectivity index (χ0n) is 16.4. The van der Waals surface area contributed by atoms with Gasteiger partial charge in [-0.05, 0) is 45.7 Å². The summed E-state index contributed by atoms with van der Waals surface area (Å²) >= 11 is 0. The van der Waals surface area contributed by atoms with Gasteiger partial charge in [0, 0.05) is 12.1 Å². The number of rotatable bonds is 6. The van der Waals surface area contributed by atoms with E-state index in [0.29, 0.717) is 6.54 Å². The summed E-state index contributed by atoms with van der Waals surface area (Å²) in [5.41, 5.74) is 2.86. The summed E-state index contributed by atoms with van der Waals surface area (Å²) in [6.45, 7) is 9.53. The molecule has 1 unspecified atom stereocenters. The zero-order valence-corrected chi connectivity index (χ0v) is 16.4. The first-order valence-electron chi connectivity index (χ1n) is 8.86. The minimum absolute atomic E-state index is 0.140. The van der Waals surface area contributed by atoms with E-state index in [2.05, 4.69) is 10.4 Å². The van der Waals surface area contributed by atoms with Crippen LogP contribution in [0.3, 0.4) is 0 Å². The van der Waals surface area contributed by atoms with Crippen molar-refractivity contribution in [3.8, 4) is 0 Å². The summed E-state index contributed by atoms with van der Waals surface area (Å²) in [6, 6.07) is 8.82. The van der Waals surface area contributed by atoms with E-state index in [1.165, 1.54) is 0 Å². The van der Waals surface area contributed by atoms with E-state index < -0.39 is 23.7 Å². The van der Waals surface area contributed by atoms with Gasteiger partial charge in [-0.1, -0.05) is 30.3 Å². The van der Waals surface area contributed by atoms with Crippen LogP contribution in [0.1, 0.15) is 43.3 Å². The highest BCUT2D eigenvalue weighted by molar-refractivity contribution is 5.80. The molecule has 0 spiro atoms. The highest BCUT2D eigenvalue weighted by Crippen LogP contribution is 2.17. The molecule has 0 aliphatic rings. The number of alkyl carbamates (subject to hydrolysis) is 1. The third kappa shape index (κ3) is 5.84. The van der Waals surface area contributed by atoms with Crippen LogP contribution in [0.5, 0.6) is 0 Å². The highest BCUT2D eigenvalue weighted by atomic mass is 16.6. The summed E-state index contributed by atoms with van der Waals surface area (Å²) < 4.78 is 7.02. The van der Waals surface area contributed by atoms with Crippen LogP contribution < -0.4 is 5.32 Å². The van der Waals surface area contributed by atoms with Crippen LogP contribution in [0.25, 0.3) is 0 Å². The van der Waals surface area contributed by atoms with Gasteiger partial charge in [0.25, 0.3) is 0 Å². The van der Waals surface area contributed by atoms with Crippen molar-refractivity contribution in [2.75, 3.05) is 0 Å². The van der Waals surface area contributed by atoms with Crippen molar-refractivity contribution >= 4 is 12.1 Å². The van der Waals surface area contributed by atoms with Gasteiger partial charge in [-0.25, -0.2) is 9.59 Å². The minimum Gasteiger partial charge on any atom is -0.480 e. The lowest BCUT2D eigenvalue weighted by Crippen LogP contribution is -2.44. The smallest absolute Gasteiger partial charge is 0.408 e. The maximum Gasteiger partial charge on any atom is 0.408 e. The molecule has 2 aromatic rings. The Hall–Kier alpha value is -2.83. The Labute approximate surface area is 159 Å². The molecule has 0 saturated heterocycles. The molecule has 27 heavy (non-hydrogen) atoms. The molecule has 1 atom stereocenters. The third-order valence-electron chi connectivity index (χ3n) is 4.10. The summed E-state index contributed by atoms with van der Waals surface area (Å²) in [6.07, 6.45) is -0.608. The average Bonchev–Trinajstić information content (AvgIpc) is 2.80. The van der Waals surface area contributed by atoms with Crippen molar-refractivity contribution in [3.05, 3.63) is 52.8 Å². The van der Waals surface area contributed by atoms with Crippen LogP contribution in [-0.4, -0.2) is 38.6 Å². The largest absolute Gasteiger partial charge is 0.480 e. The Kier molecular flexibility index (Phi) is 6.25. The van der Waals surface area contributed by atoms with Crippen LogP contribution in [0.15, 0.2) is 30.3 Å². The van der Waals surface area contributed by atoms with E-state index in [9.17, 15) is 14.7 Å². The number of carbonyl (C=O) groups is 2. The molecule has 0 fully saturated rings. The lowest BCUT2D eigenvalue weighted by molar-refractivity contribution is -0.139. The molecule has 1 heterocycles. The van der Waals surface area contributed by atoms with Crippen molar-refractivity contribution in [1.82, 2.24) is 15.1 Å². The second kappa shape index (κ2) is 8.24. The molecule has 7 heteroatoms. The fourth-order valence-corrected chi connectivity index (χ4v) is 2.79. The van der Waals surface area contributed by atoms with Crippen LogP contribution >= 0.6 is 0 Å². The van der Waals surface area contributed by atoms with Gasteiger partial charge >= 0.3 is 12.1 Å². The molecule has 1 aromatic heterocycles. The maximum atomic E-state index is 12.0. The molecule has 0 saturated carbocycles. The van der Waals surface area contributed by atoms with Crippen LogP contribution in [0.4, 0.5) is 4.79 Å². The number of hydrogen-bond acceptors (Lipinski definition) is 4. The van der Waals surface area contributed by atoms with E-state index in [0.717, 1.165) is 22.5 Å². The van der Waals surface area contributed by atoms with E-state index in [4.69, 9.17) is 4.74 Å². The lowest BCUT2D eigenvalue weighted by Gasteiger charge is -2.22. The molecule has 0 aliphatic carbocycles. The molecular weight excluding hydrogens is 346 g/mol. The zero-order chi connectivity index (χ0) is 20.2. The fraction of sp³-hybridized carbons (Fsp3) is 0.450. The molecule has 0 bridgehead atoms. The molecule has 146 valence electrons. The van der Waals surface area contributed by atoms with Gasteiger partial charge in [-0.15, -0.1) is 0 Å². The first-order valence-corrected chi connectivity index (χ1v) is 8.86. The first kappa shape index (κ1) is 20.5. The maximum absolute atomic E-state index is 12.0. The summed E-state index contributed by atoms with van der Waals surface area (Å²) in [4.78, 5) is 23.6. The molecule has 0 aliphatic heterocycles. The fourth-order valence-electron chi connectivity index (χ4n) is 2.79. The van der Waals surface area contributed by atoms with Gasteiger partial charge < -0.3 is 15.2 Å². The van der Waals surface area contributed by atoms with Gasteiger partial charge in [0.1, 0.15) is 11.6 Å². The number of carbonyl (C=O) groups excluding carboxylic acids is 1. The Morgan fingerprint density at radius 1 is 1.22 bits per heavy atom. The summed E-state index contributed by atoms with van der Waals surface area (Å²) in [5, 5.41) is 16.5. The SMILES string of the molecule is Cc1nn(Cc2ccccc2)c(C)c1CC(NC(=O)OC(C)(C)C)C(=O)O. The van der Waals surface area contributed by atoms with Crippen molar-refractivity contribution in [2.45, 2.75) is 59.2 Å². The molecule has 0 radical (unpaired) electrons. The molecule has 2 N–H and O–H groups in total. The van der Waals surface area contributed by atoms with Crippen molar-refractivity contribution in [2.24, 2.45) is 0 Å². The quantitative estimate of drug-likeness (QED) is 0.812. The molecule has 1 aromatic carbocycles. The van der Waals surface area contributed by atoms with E-state index in [1.54, 1.807) is 20.8 Å². The predicted octanol–water partition coefficient (Wildman–Crippen LogP) is 3.07. The van der Waals surface area contributed by atoms with E-state index in [1.807, 2.05) is 48.9 Å². The number of carboxylic acid groups (broad SMARTS) is 1. The highest BCUT2D eigenvalue weighted by Gasteiger charge is 2.26. The lowest BCUT2D eigenvalue weighted by atomic mass is 10.0. The number of amides is 1. The number of aromatic nitrogens is 2. The van der Waals surface area contributed by atoms with Crippen LogP contribution in [0.2, 0.25) is 0 Å². The standard InChI is InChI=1S/C20H27N3O4/c1-13-16(11-17(18(24)25)21-19(26)27-20(3,4)5)14(2)23(22-13)12-15-9-7-6-8-10-15/h6-10,17H,11-12H2,1-5H3,(H,21,26)(H,24,25). The Bertz CT molecular complexity index is 807. The average molecular weight is 373 g/mol. The Morgan fingerprint density at radius 2 is 1.85 bits per heavy atom. The number of nitrogens with one attached hydrogen (secondary N) is 1. The predicted molar refractivity (Wildman–Crippen MR) is 102 cm³/mol. The molecular formula is C20H27N3O4. The van der Waals surface area contributed by atoms with Gasteiger partial charge in [-0.3, -0.25) is 4.68 Å². The van der Waals surface area contributed by atoms with Gasteiger partial charge in [0.2, 0.25) is 0 Å². The molecule has 7 nitrogen and oxygen atoms in total. The van der Waals surface area contributed by atoms with Crippen LogP contribution in [0, 0.1) is 13.8 Å². The number of nitrogens with zero attached hydrogens (tertiary/aromatic N) is 2. The minimum atomic E-state index is -1.12. The van der Waals surface area contributed by atoms with E-state index in [-0.39, 0.29) is 6.42 Å². The Morgan fingerprint density at radius 3 is 2.41 bits per heavy atom. The number of aryl methyl sites for hydroxylation is 1. The van der Waals surface area contributed by atoms with Gasteiger partial charge in [0.05, 0.1) is 12.2 Å². The second-order valence-electron chi connectivity index (χ2n) is 7.53. The normalized spacial score (nSPS) is 12.5. The third-order valence-corrected chi connectivity index (χ3v) is 4.10. The number of ether oxygens (including phenoxy) is 1. The topological polar surface area (TPSA) is 93.5 Å². The van der Waals surface area contributed by atoms with Crippen LogP contribution in [-0.2, 0) is 22.5 Å². The summed E-state index contributed by atoms with van der Waals surface area (Å²) in [5.74, 6) is -1.12. The second-order valence-corrected chi connectivity index (χ2v) is 7.53.